The zero-order valence-corrected chi connectivity index (χ0v) is 10.7. The predicted molar refractivity (Wildman–Crippen MR) is 70.0 cm³/mol. The van der Waals surface area contributed by atoms with Gasteiger partial charge in [-0.1, -0.05) is 12.1 Å². The highest BCUT2D eigenvalue weighted by molar-refractivity contribution is 5.26. The van der Waals surface area contributed by atoms with E-state index in [9.17, 15) is 4.39 Å². The van der Waals surface area contributed by atoms with Crippen LogP contribution in [0.2, 0.25) is 0 Å². The fourth-order valence-electron chi connectivity index (χ4n) is 2.10. The highest BCUT2D eigenvalue weighted by Gasteiger charge is 2.11. The van der Waals surface area contributed by atoms with Crippen LogP contribution in [0.15, 0.2) is 41.0 Å². The van der Waals surface area contributed by atoms with Gasteiger partial charge >= 0.3 is 0 Å². The normalized spacial score (nSPS) is 12.6. The Balaban J connectivity index is 2.05. The molecule has 96 valence electrons. The second-order valence-corrected chi connectivity index (χ2v) is 4.47. The summed E-state index contributed by atoms with van der Waals surface area (Å²) in [6.45, 7) is 1.79. The molecular formula is C15H18FNO. The minimum Gasteiger partial charge on any atom is -0.469 e. The molecule has 2 nitrogen and oxygen atoms in total. The van der Waals surface area contributed by atoms with Gasteiger partial charge in [-0.15, -0.1) is 0 Å². The molecule has 0 aliphatic rings. The number of halogens is 1. The number of hydrogen-bond acceptors (Lipinski definition) is 2. The van der Waals surface area contributed by atoms with Gasteiger partial charge in [-0.25, -0.2) is 4.39 Å². The molecule has 1 atom stereocenters. The Morgan fingerprint density at radius 2 is 2.17 bits per heavy atom. The van der Waals surface area contributed by atoms with Crippen molar-refractivity contribution in [1.82, 2.24) is 5.32 Å². The van der Waals surface area contributed by atoms with Crippen molar-refractivity contribution in [3.63, 3.8) is 0 Å². The number of aryl methyl sites for hydroxylation is 2. The first-order chi connectivity index (χ1) is 8.70. The molecular weight excluding hydrogens is 229 g/mol. The SMILES string of the molecule is CNC(CCc1ccco1)c1ccc(F)c(C)c1. The molecule has 0 amide bonds. The molecule has 1 N–H and O–H groups in total. The van der Waals surface area contributed by atoms with Gasteiger partial charge in [0.15, 0.2) is 0 Å². The van der Waals surface area contributed by atoms with Gasteiger partial charge in [0, 0.05) is 12.5 Å². The summed E-state index contributed by atoms with van der Waals surface area (Å²) in [4.78, 5) is 0. The lowest BCUT2D eigenvalue weighted by Crippen LogP contribution is -2.17. The molecule has 1 heterocycles. The van der Waals surface area contributed by atoms with Crippen molar-refractivity contribution in [2.45, 2.75) is 25.8 Å². The summed E-state index contributed by atoms with van der Waals surface area (Å²) in [7, 11) is 1.92. The van der Waals surface area contributed by atoms with Crippen molar-refractivity contribution >= 4 is 0 Å². The van der Waals surface area contributed by atoms with E-state index in [1.807, 2.05) is 31.3 Å². The molecule has 0 saturated heterocycles. The van der Waals surface area contributed by atoms with E-state index >= 15 is 0 Å². The number of nitrogens with one attached hydrogen (secondary N) is 1. The first-order valence-electron chi connectivity index (χ1n) is 6.16. The lowest BCUT2D eigenvalue weighted by molar-refractivity contribution is 0.469. The van der Waals surface area contributed by atoms with Crippen molar-refractivity contribution in [3.05, 3.63) is 59.3 Å². The predicted octanol–water partition coefficient (Wildman–Crippen LogP) is 3.62. The summed E-state index contributed by atoms with van der Waals surface area (Å²) in [5.74, 6) is 0.828. The van der Waals surface area contributed by atoms with Crippen molar-refractivity contribution in [2.24, 2.45) is 0 Å². The Morgan fingerprint density at radius 3 is 2.78 bits per heavy atom. The zero-order chi connectivity index (χ0) is 13.0. The molecule has 0 saturated carbocycles. The first kappa shape index (κ1) is 12.8. The average molecular weight is 247 g/mol. The molecule has 0 fully saturated rings. The van der Waals surface area contributed by atoms with Gasteiger partial charge in [0.1, 0.15) is 11.6 Å². The summed E-state index contributed by atoms with van der Waals surface area (Å²) >= 11 is 0. The molecule has 0 aliphatic heterocycles. The maximum atomic E-state index is 13.2. The van der Waals surface area contributed by atoms with Crippen LogP contribution in [-0.2, 0) is 6.42 Å². The largest absolute Gasteiger partial charge is 0.469 e. The summed E-state index contributed by atoms with van der Waals surface area (Å²) in [5, 5.41) is 3.26. The fourth-order valence-corrected chi connectivity index (χ4v) is 2.10. The van der Waals surface area contributed by atoms with Gasteiger partial charge in [-0.2, -0.15) is 0 Å². The van der Waals surface area contributed by atoms with Gasteiger partial charge in [0.25, 0.3) is 0 Å². The van der Waals surface area contributed by atoms with Crippen LogP contribution in [0.5, 0.6) is 0 Å². The van der Waals surface area contributed by atoms with Gasteiger partial charge in [0.2, 0.25) is 0 Å². The topological polar surface area (TPSA) is 25.2 Å². The van der Waals surface area contributed by atoms with E-state index in [-0.39, 0.29) is 11.9 Å². The minimum absolute atomic E-state index is 0.153. The highest BCUT2D eigenvalue weighted by atomic mass is 19.1. The third kappa shape index (κ3) is 2.99. The van der Waals surface area contributed by atoms with Crippen LogP contribution in [0, 0.1) is 12.7 Å². The third-order valence-corrected chi connectivity index (χ3v) is 3.19. The standard InChI is InChI=1S/C15H18FNO/c1-11-10-12(5-7-14(11)16)15(17-2)8-6-13-4-3-9-18-13/h3-5,7,9-10,15,17H,6,8H2,1-2H3. The highest BCUT2D eigenvalue weighted by Crippen LogP contribution is 2.21. The lowest BCUT2D eigenvalue weighted by Gasteiger charge is -2.16. The van der Waals surface area contributed by atoms with E-state index < -0.39 is 0 Å². The van der Waals surface area contributed by atoms with E-state index in [1.54, 1.807) is 13.2 Å². The third-order valence-electron chi connectivity index (χ3n) is 3.19. The molecule has 1 aromatic carbocycles. The van der Waals surface area contributed by atoms with Crippen molar-refractivity contribution in [1.29, 1.82) is 0 Å². The Hall–Kier alpha value is -1.61. The Bertz CT molecular complexity index is 493. The van der Waals surface area contributed by atoms with Gasteiger partial charge in [-0.05, 0) is 49.7 Å². The molecule has 18 heavy (non-hydrogen) atoms. The summed E-state index contributed by atoms with van der Waals surface area (Å²) in [6, 6.07) is 9.36. The quantitative estimate of drug-likeness (QED) is 0.873. The van der Waals surface area contributed by atoms with Gasteiger partial charge < -0.3 is 9.73 Å². The number of benzene rings is 1. The maximum absolute atomic E-state index is 13.2. The van der Waals surface area contributed by atoms with Crippen molar-refractivity contribution in [3.8, 4) is 0 Å². The minimum atomic E-state index is -0.153. The molecule has 1 aromatic heterocycles. The summed E-state index contributed by atoms with van der Waals surface area (Å²) in [5.41, 5.74) is 1.80. The summed E-state index contributed by atoms with van der Waals surface area (Å²) < 4.78 is 18.6. The van der Waals surface area contributed by atoms with E-state index in [4.69, 9.17) is 4.42 Å². The molecule has 0 bridgehead atoms. The van der Waals surface area contributed by atoms with Crippen LogP contribution in [0.1, 0.15) is 29.3 Å². The second-order valence-electron chi connectivity index (χ2n) is 4.47. The van der Waals surface area contributed by atoms with Crippen LogP contribution >= 0.6 is 0 Å². The molecule has 0 aliphatic carbocycles. The van der Waals surface area contributed by atoms with Crippen LogP contribution in [0.25, 0.3) is 0 Å². The zero-order valence-electron chi connectivity index (χ0n) is 10.7. The second kappa shape index (κ2) is 5.83. The molecule has 1 unspecified atom stereocenters. The summed E-state index contributed by atoms with van der Waals surface area (Å²) in [6.07, 6.45) is 3.48. The van der Waals surface area contributed by atoms with Crippen LogP contribution < -0.4 is 5.32 Å². The molecule has 3 heteroatoms. The van der Waals surface area contributed by atoms with Crippen LogP contribution in [-0.4, -0.2) is 7.05 Å². The molecule has 0 spiro atoms. The van der Waals surface area contributed by atoms with Gasteiger partial charge in [0.05, 0.1) is 6.26 Å². The number of furan rings is 1. The van der Waals surface area contributed by atoms with E-state index in [0.717, 1.165) is 24.2 Å². The fraction of sp³-hybridized carbons (Fsp3) is 0.333. The first-order valence-corrected chi connectivity index (χ1v) is 6.16. The molecule has 2 aromatic rings. The lowest BCUT2D eigenvalue weighted by atomic mass is 9.99. The maximum Gasteiger partial charge on any atom is 0.126 e. The van der Waals surface area contributed by atoms with E-state index in [0.29, 0.717) is 5.56 Å². The smallest absolute Gasteiger partial charge is 0.126 e. The Kier molecular flexibility index (Phi) is 4.15. The monoisotopic (exact) mass is 247 g/mol. The van der Waals surface area contributed by atoms with E-state index in [1.165, 1.54) is 6.07 Å². The average Bonchev–Trinajstić information content (AvgIpc) is 2.87. The number of hydrogen-bond donors (Lipinski definition) is 1. The van der Waals surface area contributed by atoms with Crippen molar-refractivity contribution in [2.75, 3.05) is 7.05 Å². The van der Waals surface area contributed by atoms with Crippen LogP contribution in [0.4, 0.5) is 4.39 Å². The Morgan fingerprint density at radius 1 is 1.33 bits per heavy atom. The van der Waals surface area contributed by atoms with Crippen LogP contribution in [0.3, 0.4) is 0 Å². The molecule has 0 radical (unpaired) electrons. The Labute approximate surface area is 107 Å². The van der Waals surface area contributed by atoms with Crippen molar-refractivity contribution < 1.29 is 8.81 Å². The molecule has 2 rings (SSSR count). The number of rotatable bonds is 5. The van der Waals surface area contributed by atoms with E-state index in [2.05, 4.69) is 5.32 Å². The van der Waals surface area contributed by atoms with Gasteiger partial charge in [-0.3, -0.25) is 0 Å².